The molecule has 0 unspecified atom stereocenters. The van der Waals surface area contributed by atoms with Gasteiger partial charge in [0.05, 0.1) is 0 Å². The summed E-state index contributed by atoms with van der Waals surface area (Å²) in [4.78, 5) is 23.8. The van der Waals surface area contributed by atoms with E-state index in [4.69, 9.17) is 0 Å². The molecule has 0 aliphatic carbocycles. The number of aryl methyl sites for hydroxylation is 4. The second-order valence-electron chi connectivity index (χ2n) is 7.00. The Morgan fingerprint density at radius 3 is 2.24 bits per heavy atom. The number of aromatic nitrogens is 2. The van der Waals surface area contributed by atoms with Crippen molar-refractivity contribution in [2.75, 3.05) is 23.3 Å². The van der Waals surface area contributed by atoms with E-state index in [1.807, 2.05) is 38.1 Å². The Bertz CT molecular complexity index is 759. The lowest BCUT2D eigenvalue weighted by molar-refractivity contribution is -0.120. The molecule has 1 aliphatic heterocycles. The number of amides is 1. The van der Waals surface area contributed by atoms with Crippen LogP contribution in [0.25, 0.3) is 0 Å². The normalized spacial score (nSPS) is 15.3. The van der Waals surface area contributed by atoms with Crippen molar-refractivity contribution in [3.63, 3.8) is 0 Å². The Morgan fingerprint density at radius 2 is 1.64 bits per heavy atom. The van der Waals surface area contributed by atoms with Crippen LogP contribution < -0.4 is 10.2 Å². The van der Waals surface area contributed by atoms with Crippen molar-refractivity contribution >= 4 is 17.5 Å². The molecular weight excluding hydrogens is 312 g/mol. The molecule has 2 aromatic rings. The first-order valence-corrected chi connectivity index (χ1v) is 8.88. The highest BCUT2D eigenvalue weighted by atomic mass is 16.1. The number of carbonyl (C=O) groups excluding carboxylic acids is 1. The molecule has 1 N–H and O–H groups in total. The summed E-state index contributed by atoms with van der Waals surface area (Å²) in [6, 6.07) is 8.03. The van der Waals surface area contributed by atoms with Crippen molar-refractivity contribution in [2.45, 2.75) is 40.5 Å². The van der Waals surface area contributed by atoms with Gasteiger partial charge < -0.3 is 10.2 Å². The van der Waals surface area contributed by atoms with Crippen molar-refractivity contribution < 1.29 is 4.79 Å². The van der Waals surface area contributed by atoms with E-state index in [2.05, 4.69) is 34.0 Å². The number of piperidine rings is 1. The zero-order valence-electron chi connectivity index (χ0n) is 15.5. The van der Waals surface area contributed by atoms with E-state index in [9.17, 15) is 4.79 Å². The minimum atomic E-state index is 0.0452. The quantitative estimate of drug-likeness (QED) is 0.929. The van der Waals surface area contributed by atoms with Crippen LogP contribution in [-0.4, -0.2) is 29.0 Å². The highest BCUT2D eigenvalue weighted by Gasteiger charge is 2.26. The van der Waals surface area contributed by atoms with Gasteiger partial charge in [0.2, 0.25) is 11.9 Å². The summed E-state index contributed by atoms with van der Waals surface area (Å²) in [5.41, 5.74) is 5.28. The van der Waals surface area contributed by atoms with Gasteiger partial charge in [-0.1, -0.05) is 6.07 Å². The third-order valence-corrected chi connectivity index (χ3v) is 4.89. The first kappa shape index (κ1) is 17.4. The molecule has 0 spiro atoms. The highest BCUT2D eigenvalue weighted by molar-refractivity contribution is 5.92. The Kier molecular flexibility index (Phi) is 5.02. The molecule has 0 bridgehead atoms. The summed E-state index contributed by atoms with van der Waals surface area (Å²) in [7, 11) is 0. The molecule has 1 aromatic heterocycles. The third kappa shape index (κ3) is 4.16. The van der Waals surface area contributed by atoms with Gasteiger partial charge in [-0.05, 0) is 69.9 Å². The number of nitrogens with one attached hydrogen (secondary N) is 1. The number of anilines is 2. The Morgan fingerprint density at radius 1 is 1.00 bits per heavy atom. The molecule has 0 atom stereocenters. The second kappa shape index (κ2) is 7.21. The number of carbonyl (C=O) groups is 1. The van der Waals surface area contributed by atoms with E-state index in [0.29, 0.717) is 0 Å². The van der Waals surface area contributed by atoms with Gasteiger partial charge in [0, 0.05) is 36.1 Å². The number of nitrogens with zero attached hydrogens (tertiary/aromatic N) is 3. The predicted octanol–water partition coefficient (Wildman–Crippen LogP) is 3.57. The Balaban J connectivity index is 1.59. The summed E-state index contributed by atoms with van der Waals surface area (Å²) in [5.74, 6) is 0.943. The molecule has 5 heteroatoms. The smallest absolute Gasteiger partial charge is 0.227 e. The Hall–Kier alpha value is -2.43. The maximum atomic E-state index is 12.6. The standard InChI is InChI=1S/C20H26N4O/c1-13-5-6-18(11-14(13)2)23-19(25)17-7-9-24(10-8-17)20-21-15(3)12-16(4)22-20/h5-6,11-12,17H,7-10H2,1-4H3,(H,23,25). The fraction of sp³-hybridized carbons (Fsp3) is 0.450. The maximum absolute atomic E-state index is 12.6. The van der Waals surface area contributed by atoms with E-state index in [0.717, 1.165) is 49.0 Å². The first-order valence-electron chi connectivity index (χ1n) is 8.88. The van der Waals surface area contributed by atoms with Gasteiger partial charge in [0.1, 0.15) is 0 Å². The van der Waals surface area contributed by atoms with Crippen LogP contribution >= 0.6 is 0 Å². The maximum Gasteiger partial charge on any atom is 0.227 e. The number of hydrogen-bond donors (Lipinski definition) is 1. The lowest BCUT2D eigenvalue weighted by atomic mass is 9.96. The highest BCUT2D eigenvalue weighted by Crippen LogP contribution is 2.23. The molecule has 3 rings (SSSR count). The van der Waals surface area contributed by atoms with Gasteiger partial charge >= 0.3 is 0 Å². The molecule has 0 radical (unpaired) electrons. The molecule has 1 aromatic carbocycles. The minimum Gasteiger partial charge on any atom is -0.341 e. The van der Waals surface area contributed by atoms with Crippen LogP contribution in [0.15, 0.2) is 24.3 Å². The van der Waals surface area contributed by atoms with Crippen LogP contribution in [0, 0.1) is 33.6 Å². The number of benzene rings is 1. The summed E-state index contributed by atoms with van der Waals surface area (Å²) >= 11 is 0. The van der Waals surface area contributed by atoms with Gasteiger partial charge in [0.25, 0.3) is 0 Å². The molecule has 1 amide bonds. The fourth-order valence-corrected chi connectivity index (χ4v) is 3.25. The average molecular weight is 338 g/mol. The molecule has 1 fully saturated rings. The summed E-state index contributed by atoms with van der Waals surface area (Å²) in [5, 5.41) is 3.06. The third-order valence-electron chi connectivity index (χ3n) is 4.89. The van der Waals surface area contributed by atoms with E-state index in [1.54, 1.807) is 0 Å². The molecule has 1 saturated heterocycles. The zero-order chi connectivity index (χ0) is 18.0. The largest absolute Gasteiger partial charge is 0.341 e. The lowest BCUT2D eigenvalue weighted by Crippen LogP contribution is -2.39. The summed E-state index contributed by atoms with van der Waals surface area (Å²) in [6.07, 6.45) is 1.65. The van der Waals surface area contributed by atoms with Crippen molar-refractivity contribution in [2.24, 2.45) is 5.92 Å². The lowest BCUT2D eigenvalue weighted by Gasteiger charge is -2.31. The molecule has 2 heterocycles. The van der Waals surface area contributed by atoms with Crippen molar-refractivity contribution in [1.82, 2.24) is 9.97 Å². The number of rotatable bonds is 3. The molecule has 5 nitrogen and oxygen atoms in total. The van der Waals surface area contributed by atoms with Crippen LogP contribution in [0.5, 0.6) is 0 Å². The fourth-order valence-electron chi connectivity index (χ4n) is 3.25. The van der Waals surface area contributed by atoms with E-state index >= 15 is 0 Å². The van der Waals surface area contributed by atoms with Crippen LogP contribution in [0.2, 0.25) is 0 Å². The minimum absolute atomic E-state index is 0.0452. The van der Waals surface area contributed by atoms with Gasteiger partial charge in [-0.2, -0.15) is 0 Å². The van der Waals surface area contributed by atoms with Crippen molar-refractivity contribution in [1.29, 1.82) is 0 Å². The van der Waals surface area contributed by atoms with Gasteiger partial charge in [0.15, 0.2) is 0 Å². The SMILES string of the molecule is Cc1cc(C)nc(N2CCC(C(=O)Nc3ccc(C)c(C)c3)CC2)n1. The van der Waals surface area contributed by atoms with Crippen molar-refractivity contribution in [3.8, 4) is 0 Å². The zero-order valence-corrected chi connectivity index (χ0v) is 15.5. The van der Waals surface area contributed by atoms with Crippen LogP contribution in [0.1, 0.15) is 35.4 Å². The van der Waals surface area contributed by atoms with Crippen LogP contribution in [-0.2, 0) is 4.79 Å². The second-order valence-corrected chi connectivity index (χ2v) is 7.00. The predicted molar refractivity (Wildman–Crippen MR) is 101 cm³/mol. The molecule has 1 aliphatic rings. The van der Waals surface area contributed by atoms with Crippen LogP contribution in [0.4, 0.5) is 11.6 Å². The summed E-state index contributed by atoms with van der Waals surface area (Å²) < 4.78 is 0. The van der Waals surface area contributed by atoms with Crippen molar-refractivity contribution in [3.05, 3.63) is 46.8 Å². The Labute approximate surface area is 149 Å². The van der Waals surface area contributed by atoms with E-state index in [-0.39, 0.29) is 11.8 Å². The van der Waals surface area contributed by atoms with Crippen LogP contribution in [0.3, 0.4) is 0 Å². The van der Waals surface area contributed by atoms with E-state index < -0.39 is 0 Å². The molecule has 132 valence electrons. The molecule has 25 heavy (non-hydrogen) atoms. The first-order chi connectivity index (χ1) is 11.9. The average Bonchev–Trinajstić information content (AvgIpc) is 2.57. The topological polar surface area (TPSA) is 58.1 Å². The van der Waals surface area contributed by atoms with E-state index in [1.165, 1.54) is 11.1 Å². The monoisotopic (exact) mass is 338 g/mol. The van der Waals surface area contributed by atoms with Gasteiger partial charge in [-0.15, -0.1) is 0 Å². The van der Waals surface area contributed by atoms with Gasteiger partial charge in [-0.25, -0.2) is 9.97 Å². The molecule has 0 saturated carbocycles. The summed E-state index contributed by atoms with van der Waals surface area (Å²) in [6.45, 7) is 9.74. The number of hydrogen-bond acceptors (Lipinski definition) is 4. The molecular formula is C20H26N4O. The van der Waals surface area contributed by atoms with Gasteiger partial charge in [-0.3, -0.25) is 4.79 Å².